The maximum Gasteiger partial charge on any atom is 0.406 e. The van der Waals surface area contributed by atoms with Gasteiger partial charge in [0.15, 0.2) is 5.82 Å². The van der Waals surface area contributed by atoms with Crippen LogP contribution in [0, 0.1) is 11.2 Å². The fourth-order valence-corrected chi connectivity index (χ4v) is 6.88. The highest BCUT2D eigenvalue weighted by Gasteiger charge is 2.67. The Morgan fingerprint density at radius 1 is 1.10 bits per heavy atom. The number of alkyl halides is 3. The van der Waals surface area contributed by atoms with Crippen molar-refractivity contribution in [2.45, 2.75) is 37.6 Å². The first-order chi connectivity index (χ1) is 19.6. The standard InChI is InChI=1S/C29H27F4N7O/c1-38-22-10-11-28(22)14-39(13-23(28)38)20-8-6-19(7-9-20)36-27(41)21-12-34-26(37-21)25-24(17-2-4-18(30)5-3-17)35-16-40(25)15-29(31,32)33/h2-9,12,16,22-23H,10-11,13-15H2,1H3,(H,34,37)(H,36,41). The van der Waals surface area contributed by atoms with E-state index in [4.69, 9.17) is 0 Å². The van der Waals surface area contributed by atoms with E-state index in [0.717, 1.165) is 29.7 Å². The van der Waals surface area contributed by atoms with Gasteiger partial charge in [0, 0.05) is 47.5 Å². The van der Waals surface area contributed by atoms with E-state index in [1.54, 1.807) is 0 Å². The zero-order valence-electron chi connectivity index (χ0n) is 22.1. The van der Waals surface area contributed by atoms with Crippen LogP contribution >= 0.6 is 0 Å². The number of imidazole rings is 2. The van der Waals surface area contributed by atoms with Crippen molar-refractivity contribution in [1.82, 2.24) is 24.4 Å². The smallest absolute Gasteiger partial charge is 0.369 e. The third-order valence-corrected chi connectivity index (χ3v) is 8.91. The SMILES string of the molecule is CN1C2CCC23CN(c2ccc(NC(=O)c4cnc(-c5c(-c6ccc(F)cc6)ncn5CC(F)(F)F)[nH]4)cc2)CC13. The van der Waals surface area contributed by atoms with Gasteiger partial charge in [-0.1, -0.05) is 0 Å². The molecule has 3 atom stereocenters. The summed E-state index contributed by atoms with van der Waals surface area (Å²) in [6.45, 7) is 0.752. The van der Waals surface area contributed by atoms with Gasteiger partial charge >= 0.3 is 6.18 Å². The van der Waals surface area contributed by atoms with Gasteiger partial charge in [0.2, 0.25) is 0 Å². The highest BCUT2D eigenvalue weighted by Crippen LogP contribution is 2.60. The fourth-order valence-electron chi connectivity index (χ4n) is 6.88. The normalized spacial score (nSPS) is 23.5. The number of halogens is 4. The summed E-state index contributed by atoms with van der Waals surface area (Å²) in [6, 6.07) is 14.2. The summed E-state index contributed by atoms with van der Waals surface area (Å²) in [5.41, 5.74) is 2.84. The number of likely N-dealkylation sites (N-methyl/N-ethyl adjacent to an activating group) is 1. The molecule has 8 nitrogen and oxygen atoms in total. The van der Waals surface area contributed by atoms with Crippen LogP contribution in [0.15, 0.2) is 61.1 Å². The second-order valence-corrected chi connectivity index (χ2v) is 11.2. The van der Waals surface area contributed by atoms with Gasteiger partial charge in [0.25, 0.3) is 5.91 Å². The molecule has 3 fully saturated rings. The minimum Gasteiger partial charge on any atom is -0.369 e. The van der Waals surface area contributed by atoms with E-state index in [2.05, 4.69) is 37.1 Å². The third kappa shape index (κ3) is 4.28. The van der Waals surface area contributed by atoms with Gasteiger partial charge in [0.05, 0.1) is 18.2 Å². The number of carbonyl (C=O) groups is 1. The van der Waals surface area contributed by atoms with E-state index >= 15 is 0 Å². The Morgan fingerprint density at radius 2 is 1.85 bits per heavy atom. The van der Waals surface area contributed by atoms with Crippen molar-refractivity contribution in [2.24, 2.45) is 5.41 Å². The molecule has 2 aliphatic heterocycles. The van der Waals surface area contributed by atoms with Gasteiger partial charge in [-0.15, -0.1) is 0 Å². The molecule has 3 unspecified atom stereocenters. The molecule has 2 aromatic heterocycles. The Balaban J connectivity index is 1.09. The lowest BCUT2D eigenvalue weighted by Crippen LogP contribution is -2.75. The molecule has 1 saturated carbocycles. The van der Waals surface area contributed by atoms with Crippen molar-refractivity contribution in [2.75, 3.05) is 30.4 Å². The molecule has 2 saturated heterocycles. The summed E-state index contributed by atoms with van der Waals surface area (Å²) < 4.78 is 54.3. The number of aromatic nitrogens is 4. The van der Waals surface area contributed by atoms with Gasteiger partial charge in [-0.2, -0.15) is 13.2 Å². The fraction of sp³-hybridized carbons (Fsp3) is 0.345. The third-order valence-electron chi connectivity index (χ3n) is 8.91. The molecule has 3 aliphatic rings. The first kappa shape index (κ1) is 25.8. The van der Waals surface area contributed by atoms with Gasteiger partial charge in [-0.05, 0) is 68.4 Å². The molecule has 4 heterocycles. The number of hydrogen-bond donors (Lipinski definition) is 2. The molecule has 41 heavy (non-hydrogen) atoms. The molecule has 7 rings (SSSR count). The molecule has 12 heteroatoms. The molecular formula is C29H27F4N7O. The maximum absolute atomic E-state index is 13.5. The van der Waals surface area contributed by atoms with Crippen LogP contribution < -0.4 is 10.2 Å². The molecular weight excluding hydrogens is 538 g/mol. The zero-order chi connectivity index (χ0) is 28.5. The number of aromatic amines is 1. The summed E-state index contributed by atoms with van der Waals surface area (Å²) in [7, 11) is 2.21. The number of H-pyrrole nitrogens is 1. The topological polar surface area (TPSA) is 82.1 Å². The van der Waals surface area contributed by atoms with Crippen LogP contribution in [0.5, 0.6) is 0 Å². The van der Waals surface area contributed by atoms with Crippen molar-refractivity contribution in [3.63, 3.8) is 0 Å². The number of anilines is 2. The van der Waals surface area contributed by atoms with Crippen molar-refractivity contribution in [3.8, 4) is 22.8 Å². The molecule has 2 aromatic carbocycles. The largest absolute Gasteiger partial charge is 0.406 e. The summed E-state index contributed by atoms with van der Waals surface area (Å²) in [5.74, 6) is -0.936. The molecule has 1 aliphatic carbocycles. The predicted molar refractivity (Wildman–Crippen MR) is 145 cm³/mol. The number of piperidine rings is 1. The average molecular weight is 566 g/mol. The number of rotatable bonds is 6. The van der Waals surface area contributed by atoms with Crippen LogP contribution in [0.1, 0.15) is 23.3 Å². The lowest BCUT2D eigenvalue weighted by atomic mass is 9.54. The predicted octanol–water partition coefficient (Wildman–Crippen LogP) is 5.18. The van der Waals surface area contributed by atoms with Crippen molar-refractivity contribution in [3.05, 3.63) is 72.6 Å². The molecule has 0 bridgehead atoms. The summed E-state index contributed by atoms with van der Waals surface area (Å²) in [4.78, 5) is 29.1. The number of amides is 1. The van der Waals surface area contributed by atoms with Crippen molar-refractivity contribution < 1.29 is 22.4 Å². The van der Waals surface area contributed by atoms with Gasteiger partial charge < -0.3 is 19.8 Å². The van der Waals surface area contributed by atoms with Crippen LogP contribution in [-0.2, 0) is 6.54 Å². The molecule has 2 N–H and O–H groups in total. The van der Waals surface area contributed by atoms with E-state index in [0.29, 0.717) is 28.7 Å². The summed E-state index contributed by atoms with van der Waals surface area (Å²) in [6.07, 6.45) is 0.368. The second kappa shape index (κ2) is 9.16. The minimum absolute atomic E-state index is 0.0360. The van der Waals surface area contributed by atoms with Crippen LogP contribution in [0.2, 0.25) is 0 Å². The number of benzene rings is 2. The van der Waals surface area contributed by atoms with Gasteiger partial charge in [-0.25, -0.2) is 14.4 Å². The second-order valence-electron chi connectivity index (χ2n) is 11.2. The van der Waals surface area contributed by atoms with E-state index in [1.807, 2.05) is 24.3 Å². The number of nitrogens with zero attached hydrogens (tertiary/aromatic N) is 5. The first-order valence-electron chi connectivity index (χ1n) is 13.4. The Hall–Kier alpha value is -4.19. The Bertz CT molecular complexity index is 1610. The van der Waals surface area contributed by atoms with E-state index in [-0.39, 0.29) is 22.9 Å². The number of hydrogen-bond acceptors (Lipinski definition) is 5. The summed E-state index contributed by atoms with van der Waals surface area (Å²) >= 11 is 0. The van der Waals surface area contributed by atoms with E-state index in [1.165, 1.54) is 43.3 Å². The van der Waals surface area contributed by atoms with Crippen molar-refractivity contribution in [1.29, 1.82) is 0 Å². The molecule has 1 amide bonds. The molecule has 4 aromatic rings. The lowest BCUT2D eigenvalue weighted by Gasteiger charge is -2.66. The minimum atomic E-state index is -4.52. The number of carbonyl (C=O) groups excluding carboxylic acids is 1. The first-order valence-corrected chi connectivity index (χ1v) is 13.4. The number of nitrogens with one attached hydrogen (secondary N) is 2. The maximum atomic E-state index is 13.5. The van der Waals surface area contributed by atoms with E-state index < -0.39 is 24.4 Å². The molecule has 0 radical (unpaired) electrons. The summed E-state index contributed by atoms with van der Waals surface area (Å²) in [5, 5.41) is 2.82. The van der Waals surface area contributed by atoms with Crippen LogP contribution in [0.4, 0.5) is 28.9 Å². The van der Waals surface area contributed by atoms with Gasteiger partial charge in [-0.3, -0.25) is 9.69 Å². The lowest BCUT2D eigenvalue weighted by molar-refractivity contribution is -0.161. The monoisotopic (exact) mass is 565 g/mol. The Morgan fingerprint density at radius 3 is 2.51 bits per heavy atom. The van der Waals surface area contributed by atoms with E-state index in [9.17, 15) is 22.4 Å². The number of likely N-dealkylation sites (tertiary alicyclic amines) is 1. The average Bonchev–Trinajstić information content (AvgIpc) is 3.65. The van der Waals surface area contributed by atoms with Crippen molar-refractivity contribution >= 4 is 17.3 Å². The van der Waals surface area contributed by atoms with Crippen LogP contribution in [0.3, 0.4) is 0 Å². The zero-order valence-corrected chi connectivity index (χ0v) is 22.1. The van der Waals surface area contributed by atoms with Crippen LogP contribution in [-0.4, -0.2) is 68.7 Å². The Kier molecular flexibility index (Phi) is 5.76. The highest BCUT2D eigenvalue weighted by molar-refractivity contribution is 6.03. The van der Waals surface area contributed by atoms with Gasteiger partial charge in [0.1, 0.15) is 23.7 Å². The quantitative estimate of drug-likeness (QED) is 0.315. The molecule has 1 spiro atoms. The highest BCUT2D eigenvalue weighted by atomic mass is 19.4. The van der Waals surface area contributed by atoms with Crippen LogP contribution in [0.25, 0.3) is 22.8 Å². The Labute approximate surface area is 233 Å². The molecule has 212 valence electrons.